The highest BCUT2D eigenvalue weighted by Gasteiger charge is 2.09. The zero-order chi connectivity index (χ0) is 19.1. The molecule has 3 rings (SSSR count). The number of hydrogen-bond acceptors (Lipinski definition) is 5. The topological polar surface area (TPSA) is 72.5 Å². The molecular weight excluding hydrogens is 362 g/mol. The van der Waals surface area contributed by atoms with Crippen molar-refractivity contribution in [3.05, 3.63) is 53.9 Å². The number of urea groups is 1. The van der Waals surface area contributed by atoms with Crippen LogP contribution in [0.25, 0.3) is 11.3 Å². The summed E-state index contributed by atoms with van der Waals surface area (Å²) >= 11 is 1.37. The minimum atomic E-state index is -0.341. The SMILES string of the molecule is CCOc1ccc(NC(=O)Nc2nc(-c3ccc(OCC)cc3)cs2)cc1. The number of aromatic nitrogens is 1. The Morgan fingerprint density at radius 1 is 0.926 bits per heavy atom. The van der Waals surface area contributed by atoms with Gasteiger partial charge in [-0.05, 0) is 62.4 Å². The Balaban J connectivity index is 1.58. The van der Waals surface area contributed by atoms with E-state index in [4.69, 9.17) is 9.47 Å². The molecule has 6 nitrogen and oxygen atoms in total. The number of nitrogens with one attached hydrogen (secondary N) is 2. The molecule has 0 fully saturated rings. The molecule has 0 saturated heterocycles. The number of ether oxygens (including phenoxy) is 2. The molecule has 0 atom stereocenters. The van der Waals surface area contributed by atoms with Gasteiger partial charge in [0.25, 0.3) is 0 Å². The maximum atomic E-state index is 12.2. The molecule has 1 aromatic heterocycles. The van der Waals surface area contributed by atoms with Crippen LogP contribution in [0.3, 0.4) is 0 Å². The average Bonchev–Trinajstić information content (AvgIpc) is 3.13. The fourth-order valence-electron chi connectivity index (χ4n) is 2.41. The summed E-state index contributed by atoms with van der Waals surface area (Å²) in [6, 6.07) is 14.6. The third-order valence-corrected chi connectivity index (χ3v) is 4.37. The lowest BCUT2D eigenvalue weighted by molar-refractivity contribution is 0.262. The molecule has 0 aliphatic carbocycles. The molecule has 1 heterocycles. The first kappa shape index (κ1) is 18.7. The van der Waals surface area contributed by atoms with Gasteiger partial charge in [0.2, 0.25) is 0 Å². The number of benzene rings is 2. The van der Waals surface area contributed by atoms with Gasteiger partial charge in [-0.3, -0.25) is 5.32 Å². The Kier molecular flexibility index (Phi) is 6.27. The third kappa shape index (κ3) is 5.21. The molecular formula is C20H21N3O3S. The smallest absolute Gasteiger partial charge is 0.325 e. The number of hydrogen-bond donors (Lipinski definition) is 2. The normalized spacial score (nSPS) is 10.3. The minimum absolute atomic E-state index is 0.341. The van der Waals surface area contributed by atoms with Gasteiger partial charge in [0.05, 0.1) is 18.9 Å². The van der Waals surface area contributed by atoms with Crippen LogP contribution < -0.4 is 20.1 Å². The van der Waals surface area contributed by atoms with E-state index >= 15 is 0 Å². The molecule has 3 aromatic rings. The Morgan fingerprint density at radius 3 is 2.11 bits per heavy atom. The van der Waals surface area contributed by atoms with Crippen molar-refractivity contribution >= 4 is 28.2 Å². The van der Waals surface area contributed by atoms with E-state index < -0.39 is 0 Å². The monoisotopic (exact) mass is 383 g/mol. The highest BCUT2D eigenvalue weighted by Crippen LogP contribution is 2.26. The third-order valence-electron chi connectivity index (χ3n) is 3.61. The summed E-state index contributed by atoms with van der Waals surface area (Å²) in [5.41, 5.74) is 2.45. The second-order valence-electron chi connectivity index (χ2n) is 5.53. The van der Waals surface area contributed by atoms with Crippen LogP contribution in [0, 0.1) is 0 Å². The van der Waals surface area contributed by atoms with Gasteiger partial charge in [-0.15, -0.1) is 11.3 Å². The highest BCUT2D eigenvalue weighted by atomic mass is 32.1. The number of rotatable bonds is 7. The number of nitrogens with zero attached hydrogens (tertiary/aromatic N) is 1. The summed E-state index contributed by atoms with van der Waals surface area (Å²) in [5, 5.41) is 7.96. The number of carbonyl (C=O) groups excluding carboxylic acids is 1. The fourth-order valence-corrected chi connectivity index (χ4v) is 3.13. The first-order valence-electron chi connectivity index (χ1n) is 8.67. The summed E-state index contributed by atoms with van der Waals surface area (Å²) < 4.78 is 10.8. The molecule has 0 spiro atoms. The summed E-state index contributed by atoms with van der Waals surface area (Å²) in [7, 11) is 0. The van der Waals surface area contributed by atoms with Gasteiger partial charge in [-0.1, -0.05) is 0 Å². The van der Waals surface area contributed by atoms with Crippen LogP contribution in [-0.2, 0) is 0 Å². The molecule has 0 aliphatic heterocycles. The predicted octanol–water partition coefficient (Wildman–Crippen LogP) is 5.25. The standard InChI is InChI=1S/C20H21N3O3S/c1-3-25-16-9-5-14(6-10-16)18-13-27-20(22-18)23-19(24)21-15-7-11-17(12-8-15)26-4-2/h5-13H,3-4H2,1-2H3,(H2,21,22,23,24). The Labute approximate surface area is 162 Å². The van der Waals surface area contributed by atoms with E-state index in [-0.39, 0.29) is 6.03 Å². The van der Waals surface area contributed by atoms with Gasteiger partial charge in [-0.25, -0.2) is 9.78 Å². The molecule has 140 valence electrons. The zero-order valence-electron chi connectivity index (χ0n) is 15.2. The lowest BCUT2D eigenvalue weighted by atomic mass is 10.2. The molecule has 2 aromatic carbocycles. The Hall–Kier alpha value is -3.06. The van der Waals surface area contributed by atoms with Crippen molar-refractivity contribution in [3.8, 4) is 22.8 Å². The van der Waals surface area contributed by atoms with Crippen LogP contribution in [0.2, 0.25) is 0 Å². The second-order valence-corrected chi connectivity index (χ2v) is 6.39. The summed E-state index contributed by atoms with van der Waals surface area (Å²) in [6.07, 6.45) is 0. The maximum absolute atomic E-state index is 12.2. The molecule has 0 bridgehead atoms. The number of anilines is 2. The molecule has 27 heavy (non-hydrogen) atoms. The van der Waals surface area contributed by atoms with Crippen LogP contribution in [-0.4, -0.2) is 24.2 Å². The zero-order valence-corrected chi connectivity index (χ0v) is 16.0. The van der Waals surface area contributed by atoms with Crippen molar-refractivity contribution in [1.82, 2.24) is 4.98 Å². The van der Waals surface area contributed by atoms with E-state index in [0.717, 1.165) is 22.8 Å². The van der Waals surface area contributed by atoms with E-state index in [2.05, 4.69) is 15.6 Å². The van der Waals surface area contributed by atoms with Crippen molar-refractivity contribution in [2.45, 2.75) is 13.8 Å². The minimum Gasteiger partial charge on any atom is -0.494 e. The molecule has 2 amide bonds. The predicted molar refractivity (Wildman–Crippen MR) is 109 cm³/mol. The second kappa shape index (κ2) is 9.05. The van der Waals surface area contributed by atoms with Crippen molar-refractivity contribution in [2.24, 2.45) is 0 Å². The van der Waals surface area contributed by atoms with E-state index in [1.165, 1.54) is 11.3 Å². The fraction of sp³-hybridized carbons (Fsp3) is 0.200. The number of thiazole rings is 1. The number of carbonyl (C=O) groups is 1. The molecule has 2 N–H and O–H groups in total. The van der Waals surface area contributed by atoms with E-state index in [0.29, 0.717) is 24.0 Å². The van der Waals surface area contributed by atoms with Crippen molar-refractivity contribution in [2.75, 3.05) is 23.8 Å². The number of amides is 2. The molecule has 0 radical (unpaired) electrons. The van der Waals surface area contributed by atoms with Gasteiger partial charge in [0, 0.05) is 16.6 Å². The van der Waals surface area contributed by atoms with Gasteiger partial charge in [0.15, 0.2) is 5.13 Å². The first-order chi connectivity index (χ1) is 13.2. The van der Waals surface area contributed by atoms with Gasteiger partial charge in [0.1, 0.15) is 11.5 Å². The summed E-state index contributed by atoms with van der Waals surface area (Å²) in [6.45, 7) is 5.11. The Morgan fingerprint density at radius 2 is 1.52 bits per heavy atom. The van der Waals surface area contributed by atoms with E-state index in [1.54, 1.807) is 12.1 Å². The van der Waals surface area contributed by atoms with Gasteiger partial charge >= 0.3 is 6.03 Å². The molecule has 0 unspecified atom stereocenters. The van der Waals surface area contributed by atoms with Gasteiger partial charge < -0.3 is 14.8 Å². The highest BCUT2D eigenvalue weighted by molar-refractivity contribution is 7.14. The van der Waals surface area contributed by atoms with Crippen molar-refractivity contribution in [1.29, 1.82) is 0 Å². The average molecular weight is 383 g/mol. The van der Waals surface area contributed by atoms with E-state index in [1.807, 2.05) is 55.6 Å². The van der Waals surface area contributed by atoms with E-state index in [9.17, 15) is 4.79 Å². The van der Waals surface area contributed by atoms with Crippen LogP contribution in [0.4, 0.5) is 15.6 Å². The Bertz CT molecular complexity index is 876. The van der Waals surface area contributed by atoms with Crippen molar-refractivity contribution in [3.63, 3.8) is 0 Å². The first-order valence-corrected chi connectivity index (χ1v) is 9.55. The lowest BCUT2D eigenvalue weighted by Crippen LogP contribution is -2.19. The lowest BCUT2D eigenvalue weighted by Gasteiger charge is -2.07. The van der Waals surface area contributed by atoms with Crippen LogP contribution in [0.1, 0.15) is 13.8 Å². The largest absolute Gasteiger partial charge is 0.494 e. The van der Waals surface area contributed by atoms with Crippen LogP contribution >= 0.6 is 11.3 Å². The van der Waals surface area contributed by atoms with Crippen LogP contribution in [0.15, 0.2) is 53.9 Å². The molecule has 0 aliphatic rings. The molecule has 0 saturated carbocycles. The summed E-state index contributed by atoms with van der Waals surface area (Å²) in [4.78, 5) is 16.6. The molecule has 7 heteroatoms. The quantitative estimate of drug-likeness (QED) is 0.584. The van der Waals surface area contributed by atoms with Crippen molar-refractivity contribution < 1.29 is 14.3 Å². The van der Waals surface area contributed by atoms with Crippen LogP contribution in [0.5, 0.6) is 11.5 Å². The van der Waals surface area contributed by atoms with Gasteiger partial charge in [-0.2, -0.15) is 0 Å². The summed E-state index contributed by atoms with van der Waals surface area (Å²) in [5.74, 6) is 1.59. The maximum Gasteiger partial charge on any atom is 0.325 e.